The highest BCUT2D eigenvalue weighted by atomic mass is 16.4. The van der Waals surface area contributed by atoms with Crippen molar-refractivity contribution >= 4 is 5.97 Å². The van der Waals surface area contributed by atoms with Crippen molar-refractivity contribution in [1.82, 2.24) is 0 Å². The summed E-state index contributed by atoms with van der Waals surface area (Å²) in [7, 11) is 0. The average molecular weight is 230 g/mol. The molecule has 0 saturated heterocycles. The Balaban J connectivity index is 2.56. The molecule has 0 amide bonds. The first-order valence-electron chi connectivity index (χ1n) is 5.40. The average Bonchev–Trinajstić information content (AvgIpc) is 2.65. The number of furan rings is 1. The van der Waals surface area contributed by atoms with Gasteiger partial charge in [0.05, 0.1) is 0 Å². The lowest BCUT2D eigenvalue weighted by Crippen LogP contribution is -1.92. The zero-order valence-corrected chi connectivity index (χ0v) is 10.1. The van der Waals surface area contributed by atoms with E-state index in [1.54, 1.807) is 6.07 Å². The Hall–Kier alpha value is -2.03. The van der Waals surface area contributed by atoms with Crippen LogP contribution >= 0.6 is 0 Å². The Morgan fingerprint density at radius 2 is 1.71 bits per heavy atom. The van der Waals surface area contributed by atoms with E-state index in [9.17, 15) is 4.79 Å². The summed E-state index contributed by atoms with van der Waals surface area (Å²) < 4.78 is 5.33. The van der Waals surface area contributed by atoms with Crippen molar-refractivity contribution in [2.75, 3.05) is 0 Å². The molecule has 1 heterocycles. The van der Waals surface area contributed by atoms with Gasteiger partial charge in [0.1, 0.15) is 5.76 Å². The first-order valence-corrected chi connectivity index (χ1v) is 5.40. The molecule has 0 bridgehead atoms. The highest BCUT2D eigenvalue weighted by Crippen LogP contribution is 2.29. The third-order valence-electron chi connectivity index (χ3n) is 2.74. The number of hydrogen-bond donors (Lipinski definition) is 1. The topological polar surface area (TPSA) is 50.4 Å². The molecule has 2 rings (SSSR count). The molecule has 1 N–H and O–H groups in total. The van der Waals surface area contributed by atoms with Crippen LogP contribution in [0, 0.1) is 20.8 Å². The van der Waals surface area contributed by atoms with Crippen LogP contribution in [0.5, 0.6) is 0 Å². The quantitative estimate of drug-likeness (QED) is 0.858. The van der Waals surface area contributed by atoms with Gasteiger partial charge in [-0.25, -0.2) is 4.79 Å². The molecule has 0 aliphatic rings. The van der Waals surface area contributed by atoms with E-state index in [1.807, 2.05) is 20.8 Å². The molecular weight excluding hydrogens is 216 g/mol. The lowest BCUT2D eigenvalue weighted by molar-refractivity contribution is 0.0663. The highest BCUT2D eigenvalue weighted by molar-refractivity contribution is 5.85. The molecule has 17 heavy (non-hydrogen) atoms. The first kappa shape index (κ1) is 11.5. The van der Waals surface area contributed by atoms with Gasteiger partial charge >= 0.3 is 5.97 Å². The fourth-order valence-corrected chi connectivity index (χ4v) is 2.16. The number of carboxylic acids is 1. The summed E-state index contributed by atoms with van der Waals surface area (Å²) in [5.74, 6) is -0.463. The maximum atomic E-state index is 10.8. The molecule has 0 saturated carbocycles. The molecule has 0 unspecified atom stereocenters. The summed E-state index contributed by atoms with van der Waals surface area (Å²) in [5.41, 5.74) is 4.35. The number of benzene rings is 1. The van der Waals surface area contributed by atoms with E-state index in [4.69, 9.17) is 9.52 Å². The van der Waals surface area contributed by atoms with E-state index in [1.165, 1.54) is 11.6 Å². The lowest BCUT2D eigenvalue weighted by Gasteiger charge is -2.08. The van der Waals surface area contributed by atoms with Gasteiger partial charge in [0.2, 0.25) is 5.76 Å². The molecule has 1 aromatic heterocycles. The Labute approximate surface area is 99.7 Å². The van der Waals surface area contributed by atoms with Crippen LogP contribution in [0.1, 0.15) is 27.2 Å². The standard InChI is InChI=1S/C14H14O3/c1-8-6-9(2)13(10(3)7-8)11-4-5-12(17-11)14(15)16/h4-7H,1-3H3,(H,15,16). The third-order valence-corrected chi connectivity index (χ3v) is 2.74. The number of rotatable bonds is 2. The van der Waals surface area contributed by atoms with Crippen LogP contribution in [-0.4, -0.2) is 11.1 Å². The maximum Gasteiger partial charge on any atom is 0.371 e. The molecule has 0 radical (unpaired) electrons. The SMILES string of the molecule is Cc1cc(C)c(-c2ccc(C(=O)O)o2)c(C)c1. The smallest absolute Gasteiger partial charge is 0.371 e. The van der Waals surface area contributed by atoms with E-state index in [0.29, 0.717) is 5.76 Å². The van der Waals surface area contributed by atoms with Crippen LogP contribution in [0.2, 0.25) is 0 Å². The molecular formula is C14H14O3. The summed E-state index contributed by atoms with van der Waals surface area (Å²) in [5, 5.41) is 8.83. The van der Waals surface area contributed by atoms with Crippen molar-refractivity contribution in [3.63, 3.8) is 0 Å². The summed E-state index contributed by atoms with van der Waals surface area (Å²) in [4.78, 5) is 10.8. The fourth-order valence-electron chi connectivity index (χ4n) is 2.16. The van der Waals surface area contributed by atoms with E-state index >= 15 is 0 Å². The Kier molecular flexibility index (Phi) is 2.76. The van der Waals surface area contributed by atoms with Crippen LogP contribution < -0.4 is 0 Å². The zero-order chi connectivity index (χ0) is 12.6. The van der Waals surface area contributed by atoms with Crippen molar-refractivity contribution < 1.29 is 14.3 Å². The molecule has 2 aromatic rings. The highest BCUT2D eigenvalue weighted by Gasteiger charge is 2.13. The predicted molar refractivity (Wildman–Crippen MR) is 65.3 cm³/mol. The lowest BCUT2D eigenvalue weighted by atomic mass is 9.98. The minimum atomic E-state index is -1.04. The number of hydrogen-bond acceptors (Lipinski definition) is 2. The number of carboxylic acid groups (broad SMARTS) is 1. The molecule has 0 spiro atoms. The monoisotopic (exact) mass is 230 g/mol. The largest absolute Gasteiger partial charge is 0.475 e. The Morgan fingerprint density at radius 3 is 2.18 bits per heavy atom. The zero-order valence-electron chi connectivity index (χ0n) is 10.1. The Bertz CT molecular complexity index is 556. The van der Waals surface area contributed by atoms with Crippen molar-refractivity contribution in [1.29, 1.82) is 0 Å². The normalized spacial score (nSPS) is 10.5. The van der Waals surface area contributed by atoms with Gasteiger partial charge < -0.3 is 9.52 Å². The van der Waals surface area contributed by atoms with Gasteiger partial charge in [-0.05, 0) is 44.0 Å². The van der Waals surface area contributed by atoms with Gasteiger partial charge in [0.15, 0.2) is 0 Å². The molecule has 1 aromatic carbocycles. The summed E-state index contributed by atoms with van der Waals surface area (Å²) in [6.45, 7) is 6.03. The molecule has 3 heteroatoms. The van der Waals surface area contributed by atoms with Gasteiger partial charge in [-0.2, -0.15) is 0 Å². The van der Waals surface area contributed by atoms with Gasteiger partial charge in [-0.1, -0.05) is 17.7 Å². The first-order chi connectivity index (χ1) is 7.99. The minimum Gasteiger partial charge on any atom is -0.475 e. The molecule has 88 valence electrons. The molecule has 3 nitrogen and oxygen atoms in total. The fraction of sp³-hybridized carbons (Fsp3) is 0.214. The predicted octanol–water partition coefficient (Wildman–Crippen LogP) is 3.57. The molecule has 0 aliphatic carbocycles. The van der Waals surface area contributed by atoms with Crippen LogP contribution in [-0.2, 0) is 0 Å². The van der Waals surface area contributed by atoms with Crippen molar-refractivity contribution in [2.24, 2.45) is 0 Å². The van der Waals surface area contributed by atoms with Crippen molar-refractivity contribution in [3.8, 4) is 11.3 Å². The van der Waals surface area contributed by atoms with Crippen LogP contribution in [0.25, 0.3) is 11.3 Å². The minimum absolute atomic E-state index is 0.0284. The van der Waals surface area contributed by atoms with E-state index < -0.39 is 5.97 Å². The molecule has 0 atom stereocenters. The molecule has 0 aliphatic heterocycles. The molecule has 0 fully saturated rings. The second-order valence-electron chi connectivity index (χ2n) is 4.24. The van der Waals surface area contributed by atoms with Crippen molar-refractivity contribution in [3.05, 3.63) is 46.7 Å². The van der Waals surface area contributed by atoms with E-state index in [2.05, 4.69) is 12.1 Å². The van der Waals surface area contributed by atoms with E-state index in [-0.39, 0.29) is 5.76 Å². The van der Waals surface area contributed by atoms with E-state index in [0.717, 1.165) is 16.7 Å². The van der Waals surface area contributed by atoms with Gasteiger partial charge in [0.25, 0.3) is 0 Å². The second kappa shape index (κ2) is 4.09. The second-order valence-corrected chi connectivity index (χ2v) is 4.24. The Morgan fingerprint density at radius 1 is 1.12 bits per heavy atom. The van der Waals surface area contributed by atoms with Gasteiger partial charge in [-0.15, -0.1) is 0 Å². The summed E-state index contributed by atoms with van der Waals surface area (Å²) in [6, 6.07) is 7.31. The number of carbonyl (C=O) groups is 1. The van der Waals surface area contributed by atoms with Gasteiger partial charge in [-0.3, -0.25) is 0 Å². The third kappa shape index (κ3) is 2.09. The number of aryl methyl sites for hydroxylation is 3. The van der Waals surface area contributed by atoms with Crippen molar-refractivity contribution in [2.45, 2.75) is 20.8 Å². The summed E-state index contributed by atoms with van der Waals surface area (Å²) in [6.07, 6.45) is 0. The maximum absolute atomic E-state index is 10.8. The van der Waals surface area contributed by atoms with Crippen LogP contribution in [0.15, 0.2) is 28.7 Å². The van der Waals surface area contributed by atoms with Crippen LogP contribution in [0.3, 0.4) is 0 Å². The van der Waals surface area contributed by atoms with Crippen LogP contribution in [0.4, 0.5) is 0 Å². The number of aromatic carboxylic acids is 1. The summed E-state index contributed by atoms with van der Waals surface area (Å²) >= 11 is 0. The van der Waals surface area contributed by atoms with Gasteiger partial charge in [0, 0.05) is 5.56 Å².